The van der Waals surface area contributed by atoms with Crippen molar-refractivity contribution in [1.29, 1.82) is 0 Å². The molecule has 0 bridgehead atoms. The van der Waals surface area contributed by atoms with Crippen molar-refractivity contribution in [2.75, 3.05) is 18.5 Å². The number of ether oxygens (including phenoxy) is 2. The molecule has 0 fully saturated rings. The van der Waals surface area contributed by atoms with Gasteiger partial charge < -0.3 is 14.8 Å². The summed E-state index contributed by atoms with van der Waals surface area (Å²) in [7, 11) is 1.80. The highest BCUT2D eigenvalue weighted by Gasteiger charge is 2.18. The van der Waals surface area contributed by atoms with Crippen molar-refractivity contribution in [1.82, 2.24) is 9.78 Å². The number of aryl methyl sites for hydroxylation is 1. The third-order valence-corrected chi connectivity index (χ3v) is 3.26. The summed E-state index contributed by atoms with van der Waals surface area (Å²) in [6.07, 6.45) is 5.17. The fraction of sp³-hybridized carbons (Fsp3) is 0.250. The zero-order chi connectivity index (χ0) is 15.5. The van der Waals surface area contributed by atoms with Crippen LogP contribution < -0.4 is 14.8 Å². The topological polar surface area (TPSA) is 65.4 Å². The molecule has 1 N–H and O–H groups in total. The molecule has 114 valence electrons. The van der Waals surface area contributed by atoms with Gasteiger partial charge in [0.05, 0.1) is 24.1 Å². The Morgan fingerprint density at radius 3 is 3.09 bits per heavy atom. The van der Waals surface area contributed by atoms with Crippen LogP contribution in [0.1, 0.15) is 12.5 Å². The van der Waals surface area contributed by atoms with E-state index >= 15 is 0 Å². The Balaban J connectivity index is 1.80. The number of anilines is 1. The number of carbonyl (C=O) groups excluding carboxylic acids is 1. The molecule has 0 aliphatic carbocycles. The predicted molar refractivity (Wildman–Crippen MR) is 82.9 cm³/mol. The van der Waals surface area contributed by atoms with Crippen LogP contribution in [0.2, 0.25) is 0 Å². The van der Waals surface area contributed by atoms with Crippen LogP contribution in [0.25, 0.3) is 6.08 Å². The number of aromatic nitrogens is 2. The quantitative estimate of drug-likeness (QED) is 0.940. The number of benzene rings is 1. The molecule has 0 radical (unpaired) electrons. The average Bonchev–Trinajstić information content (AvgIpc) is 2.92. The molecule has 2 aromatic rings. The van der Waals surface area contributed by atoms with E-state index in [1.54, 1.807) is 24.1 Å². The van der Waals surface area contributed by atoms with Crippen LogP contribution in [-0.4, -0.2) is 28.9 Å². The molecular formula is C16H17N3O3. The van der Waals surface area contributed by atoms with E-state index < -0.39 is 0 Å². The van der Waals surface area contributed by atoms with E-state index in [0.29, 0.717) is 17.9 Å². The van der Waals surface area contributed by atoms with Gasteiger partial charge in [-0.25, -0.2) is 0 Å². The molecule has 22 heavy (non-hydrogen) atoms. The van der Waals surface area contributed by atoms with Gasteiger partial charge in [0, 0.05) is 18.8 Å². The smallest absolute Gasteiger partial charge is 0.255 e. The van der Waals surface area contributed by atoms with Gasteiger partial charge >= 0.3 is 0 Å². The van der Waals surface area contributed by atoms with E-state index in [0.717, 1.165) is 17.1 Å². The van der Waals surface area contributed by atoms with Gasteiger partial charge in [0.15, 0.2) is 0 Å². The van der Waals surface area contributed by atoms with Crippen LogP contribution in [0.5, 0.6) is 11.5 Å². The molecule has 1 aliphatic heterocycles. The minimum absolute atomic E-state index is 0.194. The second-order valence-corrected chi connectivity index (χ2v) is 4.95. The van der Waals surface area contributed by atoms with Gasteiger partial charge in [-0.2, -0.15) is 5.10 Å². The van der Waals surface area contributed by atoms with Crippen molar-refractivity contribution in [2.45, 2.75) is 6.92 Å². The van der Waals surface area contributed by atoms with Crippen molar-refractivity contribution < 1.29 is 14.3 Å². The first-order chi connectivity index (χ1) is 10.7. The minimum atomic E-state index is -0.194. The lowest BCUT2D eigenvalue weighted by Crippen LogP contribution is -2.21. The van der Waals surface area contributed by atoms with Crippen molar-refractivity contribution in [3.63, 3.8) is 0 Å². The van der Waals surface area contributed by atoms with Crippen LogP contribution >= 0.6 is 0 Å². The third-order valence-electron chi connectivity index (χ3n) is 3.26. The fourth-order valence-electron chi connectivity index (χ4n) is 2.24. The van der Waals surface area contributed by atoms with Gasteiger partial charge in [-0.05, 0) is 31.2 Å². The number of amides is 1. The Morgan fingerprint density at radius 2 is 2.36 bits per heavy atom. The normalized spacial score (nSPS) is 12.9. The van der Waals surface area contributed by atoms with Gasteiger partial charge in [-0.15, -0.1) is 0 Å². The Hall–Kier alpha value is -2.76. The third kappa shape index (κ3) is 2.95. The number of carbonyl (C=O) groups is 1. The fourth-order valence-corrected chi connectivity index (χ4v) is 2.24. The van der Waals surface area contributed by atoms with Gasteiger partial charge in [-0.3, -0.25) is 9.48 Å². The molecule has 1 aromatic heterocycles. The number of hydrogen-bond donors (Lipinski definition) is 1. The maximum Gasteiger partial charge on any atom is 0.255 e. The standard InChI is InChI=1S/C16H17N3O3/c1-3-21-14-4-5-15-11(7-14)6-12(10-22-15)16(20)18-13-8-17-19(2)9-13/h4-9H,3,10H2,1-2H3,(H,18,20). The zero-order valence-corrected chi connectivity index (χ0v) is 12.5. The van der Waals surface area contributed by atoms with Gasteiger partial charge in [-0.1, -0.05) is 0 Å². The summed E-state index contributed by atoms with van der Waals surface area (Å²) in [5.41, 5.74) is 2.06. The molecule has 0 atom stereocenters. The largest absolute Gasteiger partial charge is 0.494 e. The lowest BCUT2D eigenvalue weighted by molar-refractivity contribution is -0.113. The lowest BCUT2D eigenvalue weighted by Gasteiger charge is -2.18. The molecule has 6 heteroatoms. The van der Waals surface area contributed by atoms with E-state index in [1.807, 2.05) is 31.2 Å². The van der Waals surface area contributed by atoms with E-state index in [-0.39, 0.29) is 12.5 Å². The summed E-state index contributed by atoms with van der Waals surface area (Å²) in [5, 5.41) is 6.82. The molecule has 0 unspecified atom stereocenters. The Labute approximate surface area is 128 Å². The van der Waals surface area contributed by atoms with Crippen molar-refractivity contribution >= 4 is 17.7 Å². The van der Waals surface area contributed by atoms with Crippen molar-refractivity contribution in [3.8, 4) is 11.5 Å². The molecule has 1 aromatic carbocycles. The highest BCUT2D eigenvalue weighted by Crippen LogP contribution is 2.30. The van der Waals surface area contributed by atoms with Crippen LogP contribution in [0.3, 0.4) is 0 Å². The van der Waals surface area contributed by atoms with Crippen molar-refractivity contribution in [3.05, 3.63) is 41.7 Å². The second-order valence-electron chi connectivity index (χ2n) is 4.95. The minimum Gasteiger partial charge on any atom is -0.494 e. The number of fused-ring (bicyclic) bond motifs is 1. The molecule has 0 saturated carbocycles. The van der Waals surface area contributed by atoms with Crippen LogP contribution in [0.15, 0.2) is 36.2 Å². The van der Waals surface area contributed by atoms with E-state index in [2.05, 4.69) is 10.4 Å². The maximum atomic E-state index is 12.3. The molecule has 2 heterocycles. The first-order valence-corrected chi connectivity index (χ1v) is 7.06. The average molecular weight is 299 g/mol. The number of nitrogens with one attached hydrogen (secondary N) is 1. The monoisotopic (exact) mass is 299 g/mol. The Morgan fingerprint density at radius 1 is 1.50 bits per heavy atom. The zero-order valence-electron chi connectivity index (χ0n) is 12.5. The first kappa shape index (κ1) is 14.2. The molecule has 0 spiro atoms. The predicted octanol–water partition coefficient (Wildman–Crippen LogP) is 2.23. The summed E-state index contributed by atoms with van der Waals surface area (Å²) in [6, 6.07) is 5.58. The number of hydrogen-bond acceptors (Lipinski definition) is 4. The lowest BCUT2D eigenvalue weighted by atomic mass is 10.1. The number of rotatable bonds is 4. The second kappa shape index (κ2) is 5.93. The van der Waals surface area contributed by atoms with E-state index in [1.165, 1.54) is 0 Å². The molecule has 3 rings (SSSR count). The summed E-state index contributed by atoms with van der Waals surface area (Å²) in [6.45, 7) is 2.77. The molecule has 1 amide bonds. The summed E-state index contributed by atoms with van der Waals surface area (Å²) < 4.78 is 12.7. The van der Waals surface area contributed by atoms with Gasteiger partial charge in [0.25, 0.3) is 5.91 Å². The van der Waals surface area contributed by atoms with E-state index in [9.17, 15) is 4.79 Å². The Kier molecular flexibility index (Phi) is 3.82. The van der Waals surface area contributed by atoms with E-state index in [4.69, 9.17) is 9.47 Å². The van der Waals surface area contributed by atoms with Gasteiger partial charge in [0.1, 0.15) is 18.1 Å². The molecular weight excluding hydrogens is 282 g/mol. The first-order valence-electron chi connectivity index (χ1n) is 7.06. The number of nitrogens with zero attached hydrogens (tertiary/aromatic N) is 2. The molecule has 1 aliphatic rings. The highest BCUT2D eigenvalue weighted by atomic mass is 16.5. The van der Waals surface area contributed by atoms with Crippen LogP contribution in [-0.2, 0) is 11.8 Å². The highest BCUT2D eigenvalue weighted by molar-refractivity contribution is 6.07. The summed E-state index contributed by atoms with van der Waals surface area (Å²) >= 11 is 0. The molecule has 6 nitrogen and oxygen atoms in total. The SMILES string of the molecule is CCOc1ccc2c(c1)C=C(C(=O)Nc1cnn(C)c1)CO2. The maximum absolute atomic E-state index is 12.3. The molecule has 0 saturated heterocycles. The van der Waals surface area contributed by atoms with Crippen LogP contribution in [0, 0.1) is 0 Å². The summed E-state index contributed by atoms with van der Waals surface area (Å²) in [5.74, 6) is 1.32. The van der Waals surface area contributed by atoms with Gasteiger partial charge in [0.2, 0.25) is 0 Å². The van der Waals surface area contributed by atoms with Crippen LogP contribution in [0.4, 0.5) is 5.69 Å². The van der Waals surface area contributed by atoms with Crippen molar-refractivity contribution in [2.24, 2.45) is 7.05 Å². The summed E-state index contributed by atoms with van der Waals surface area (Å²) in [4.78, 5) is 12.3. The Bertz CT molecular complexity index is 734.